The number of aldehydes is 1. The molecule has 0 spiro atoms. The van der Waals surface area contributed by atoms with E-state index in [1.165, 1.54) is 0 Å². The fraction of sp³-hybridized carbons (Fsp3) is 0.595. The molecule has 3 amide bonds. The van der Waals surface area contributed by atoms with Crippen LogP contribution in [0.3, 0.4) is 0 Å². The number of anilines is 1. The van der Waals surface area contributed by atoms with Crippen molar-refractivity contribution in [3.05, 3.63) is 46.8 Å². The molecule has 0 aromatic heterocycles. The highest BCUT2D eigenvalue weighted by molar-refractivity contribution is 6.05. The number of hydrazine groups is 1. The summed E-state index contributed by atoms with van der Waals surface area (Å²) < 4.78 is 0. The summed E-state index contributed by atoms with van der Waals surface area (Å²) in [6.07, 6.45) is 13.3. The fourth-order valence-corrected chi connectivity index (χ4v) is 5.12. The Labute approximate surface area is 293 Å². The number of unbranched alkanes of at least 4 members (excludes halogenated alkanes) is 6. The molecule has 0 heterocycles. The number of hydrogen-bond acceptors (Lipinski definition) is 9. The van der Waals surface area contributed by atoms with Gasteiger partial charge >= 0.3 is 0 Å². The van der Waals surface area contributed by atoms with Gasteiger partial charge in [0, 0.05) is 56.0 Å². The number of carbonyl (C=O) groups excluding carboxylic acids is 4. The fourth-order valence-electron chi connectivity index (χ4n) is 5.12. The van der Waals surface area contributed by atoms with E-state index in [0.29, 0.717) is 49.5 Å². The topological polar surface area (TPSA) is 196 Å². The van der Waals surface area contributed by atoms with Gasteiger partial charge in [0.25, 0.3) is 0 Å². The molecule has 0 saturated carbocycles. The molecule has 0 fully saturated rings. The van der Waals surface area contributed by atoms with Crippen molar-refractivity contribution in [2.75, 3.05) is 25.0 Å². The van der Waals surface area contributed by atoms with Gasteiger partial charge in [-0.05, 0) is 75.3 Å². The molecule has 1 atom stereocenters. The van der Waals surface area contributed by atoms with Crippen molar-refractivity contribution in [3.63, 3.8) is 0 Å². The minimum atomic E-state index is -0.596. The van der Waals surface area contributed by atoms with Gasteiger partial charge in [-0.3, -0.25) is 19.8 Å². The molecule has 0 bridgehead atoms. The van der Waals surface area contributed by atoms with E-state index in [1.54, 1.807) is 6.07 Å². The highest BCUT2D eigenvalue weighted by Gasteiger charge is 2.25. The van der Waals surface area contributed by atoms with E-state index in [4.69, 9.17) is 16.9 Å². The van der Waals surface area contributed by atoms with Crippen LogP contribution >= 0.6 is 0 Å². The van der Waals surface area contributed by atoms with Crippen LogP contribution in [0.4, 0.5) is 5.69 Å². The summed E-state index contributed by atoms with van der Waals surface area (Å²) in [5.41, 5.74) is 20.5. The van der Waals surface area contributed by atoms with E-state index in [1.807, 2.05) is 71.6 Å². The number of primary amides is 1. The molecule has 12 nitrogen and oxygen atoms in total. The lowest BCUT2D eigenvalue weighted by Crippen LogP contribution is -2.44. The summed E-state index contributed by atoms with van der Waals surface area (Å²) in [7, 11) is 0. The summed E-state index contributed by atoms with van der Waals surface area (Å²) in [6, 6.07) is 3.23. The lowest BCUT2D eigenvalue weighted by atomic mass is 9.87. The van der Waals surface area contributed by atoms with Crippen LogP contribution in [0.2, 0.25) is 0 Å². The van der Waals surface area contributed by atoms with E-state index in [-0.39, 0.29) is 28.8 Å². The standard InChI is InChI=1S/C37H62N8O4/c1-8-45(33(39)19-18-27(4)28-22-29(36(40)49)30(24-38)31(23-28)42-26(2)3)21-20-41-44-35(48)17-15-13-11-9-10-12-14-16-34(47)43-32(25-46)37(5,6)7/h18-19,22-26,32,38,41-42H,8-17,20-21,39H2,1-7H3,(H2,40,49)(H,43,47)(H,44,48)/b27-18+,33-19+,38-24?/t32-/m1/s1. The Morgan fingerprint density at radius 2 is 1.53 bits per heavy atom. The van der Waals surface area contributed by atoms with Crippen molar-refractivity contribution in [3.8, 4) is 0 Å². The van der Waals surface area contributed by atoms with Gasteiger partial charge in [0.1, 0.15) is 6.29 Å². The van der Waals surface area contributed by atoms with Crippen LogP contribution in [0.15, 0.2) is 30.1 Å². The monoisotopic (exact) mass is 682 g/mol. The summed E-state index contributed by atoms with van der Waals surface area (Å²) in [4.78, 5) is 49.7. The van der Waals surface area contributed by atoms with Crippen molar-refractivity contribution in [2.45, 2.75) is 118 Å². The van der Waals surface area contributed by atoms with E-state index < -0.39 is 11.9 Å². The Balaban J connectivity index is 2.40. The van der Waals surface area contributed by atoms with Gasteiger partial charge in [0.15, 0.2) is 0 Å². The molecule has 0 aliphatic heterocycles. The van der Waals surface area contributed by atoms with Crippen molar-refractivity contribution < 1.29 is 19.2 Å². The molecule has 9 N–H and O–H groups in total. The predicted molar refractivity (Wildman–Crippen MR) is 200 cm³/mol. The first kappa shape index (κ1) is 42.8. The normalized spacial score (nSPS) is 12.7. The molecule has 49 heavy (non-hydrogen) atoms. The quantitative estimate of drug-likeness (QED) is 0.0260. The summed E-state index contributed by atoms with van der Waals surface area (Å²) in [5.74, 6) is -0.148. The van der Waals surface area contributed by atoms with Gasteiger partial charge in [-0.1, -0.05) is 59.0 Å². The van der Waals surface area contributed by atoms with Crippen LogP contribution in [0.25, 0.3) is 5.57 Å². The molecule has 0 aliphatic rings. The average Bonchev–Trinajstić information content (AvgIpc) is 3.03. The Bertz CT molecular complexity index is 1300. The Morgan fingerprint density at radius 3 is 2.04 bits per heavy atom. The summed E-state index contributed by atoms with van der Waals surface area (Å²) in [6.45, 7) is 15.5. The van der Waals surface area contributed by atoms with Crippen molar-refractivity contribution >= 4 is 41.5 Å². The highest BCUT2D eigenvalue weighted by atomic mass is 16.2. The number of nitrogens with zero attached hydrogens (tertiary/aromatic N) is 1. The first-order valence-electron chi connectivity index (χ1n) is 17.5. The maximum Gasteiger partial charge on any atom is 0.249 e. The molecule has 0 saturated heterocycles. The molecule has 1 aromatic rings. The van der Waals surface area contributed by atoms with Crippen molar-refractivity contribution in [1.29, 1.82) is 5.41 Å². The second-order valence-corrected chi connectivity index (χ2v) is 13.8. The summed E-state index contributed by atoms with van der Waals surface area (Å²) >= 11 is 0. The van der Waals surface area contributed by atoms with Crippen molar-refractivity contribution in [1.82, 2.24) is 21.1 Å². The molecule has 12 heteroatoms. The Morgan fingerprint density at radius 1 is 0.939 bits per heavy atom. The highest BCUT2D eigenvalue weighted by Crippen LogP contribution is 2.26. The molecular formula is C37H62N8O4. The van der Waals surface area contributed by atoms with Gasteiger partial charge in [0.05, 0.1) is 17.4 Å². The zero-order valence-corrected chi connectivity index (χ0v) is 30.8. The number of hydrogen-bond donors (Lipinski definition) is 7. The number of nitrogens with two attached hydrogens (primary N) is 2. The number of rotatable bonds is 24. The largest absolute Gasteiger partial charge is 0.385 e. The molecule has 1 rings (SSSR count). The minimum Gasteiger partial charge on any atom is -0.385 e. The molecule has 0 aliphatic carbocycles. The van der Waals surface area contributed by atoms with Crippen LogP contribution in [0.5, 0.6) is 0 Å². The van der Waals surface area contributed by atoms with E-state index in [9.17, 15) is 19.2 Å². The van der Waals surface area contributed by atoms with Gasteiger partial charge in [-0.2, -0.15) is 0 Å². The number of allylic oxidation sites excluding steroid dienone is 3. The Hall–Kier alpha value is -4.19. The number of amides is 3. The van der Waals surface area contributed by atoms with Crippen LogP contribution < -0.4 is 33.0 Å². The SMILES string of the molecule is CCN(CCNNC(=O)CCCCCCCCCC(=O)N[C@H](C=O)C(C)(C)C)/C(N)=C/C=C(\C)c1cc(NC(C)C)c(C=N)c(C(N)=O)c1. The van der Waals surface area contributed by atoms with E-state index >= 15 is 0 Å². The minimum absolute atomic E-state index is 0.0456. The van der Waals surface area contributed by atoms with E-state index in [0.717, 1.165) is 68.6 Å². The van der Waals surface area contributed by atoms with E-state index in [2.05, 4.69) is 21.5 Å². The molecule has 274 valence electrons. The van der Waals surface area contributed by atoms with Crippen LogP contribution in [0.1, 0.15) is 128 Å². The predicted octanol–water partition coefficient (Wildman–Crippen LogP) is 4.99. The van der Waals surface area contributed by atoms with Crippen LogP contribution in [-0.2, 0) is 14.4 Å². The van der Waals surface area contributed by atoms with Gasteiger partial charge < -0.3 is 37.2 Å². The van der Waals surface area contributed by atoms with Crippen LogP contribution in [0, 0.1) is 10.8 Å². The summed E-state index contributed by atoms with van der Waals surface area (Å²) in [5, 5.41) is 13.9. The maximum atomic E-state index is 12.3. The zero-order chi connectivity index (χ0) is 37.0. The molecular weight excluding hydrogens is 620 g/mol. The smallest absolute Gasteiger partial charge is 0.249 e. The van der Waals surface area contributed by atoms with Gasteiger partial charge in [0.2, 0.25) is 17.7 Å². The molecule has 0 radical (unpaired) electrons. The molecule has 1 aromatic carbocycles. The second kappa shape index (κ2) is 22.4. The lowest BCUT2D eigenvalue weighted by Gasteiger charge is -2.26. The number of benzene rings is 1. The zero-order valence-electron chi connectivity index (χ0n) is 30.8. The Kier molecular flexibility index (Phi) is 19.6. The molecule has 0 unspecified atom stereocenters. The van der Waals surface area contributed by atoms with Crippen molar-refractivity contribution in [2.24, 2.45) is 16.9 Å². The van der Waals surface area contributed by atoms with Gasteiger partial charge in [-0.25, -0.2) is 5.43 Å². The third-order valence-corrected chi connectivity index (χ3v) is 8.17. The second-order valence-electron chi connectivity index (χ2n) is 13.8. The number of likely N-dealkylation sites (N-methyl/N-ethyl adjacent to an activating group) is 1. The first-order valence-corrected chi connectivity index (χ1v) is 17.5. The van der Waals surface area contributed by atoms with Crippen LogP contribution in [-0.4, -0.2) is 66.8 Å². The van der Waals surface area contributed by atoms with Gasteiger partial charge in [-0.15, -0.1) is 0 Å². The lowest BCUT2D eigenvalue weighted by molar-refractivity contribution is -0.125. The third kappa shape index (κ3) is 16.7. The third-order valence-electron chi connectivity index (χ3n) is 8.17. The maximum absolute atomic E-state index is 12.3. The number of carbonyl (C=O) groups is 4. The average molecular weight is 683 g/mol. The number of nitrogens with one attached hydrogen (secondary N) is 5. The first-order chi connectivity index (χ1) is 23.1.